The van der Waals surface area contributed by atoms with Crippen molar-refractivity contribution >= 4 is 16.5 Å². The molecule has 4 rings (SSSR count). The summed E-state index contributed by atoms with van der Waals surface area (Å²) in [5, 5.41) is 8.23. The molecule has 3 heteroatoms. The van der Waals surface area contributed by atoms with Gasteiger partial charge in [-0.25, -0.2) is 5.01 Å². The van der Waals surface area contributed by atoms with Crippen LogP contribution < -0.4 is 5.01 Å². The first-order valence-electron chi connectivity index (χ1n) is 11.2. The van der Waals surface area contributed by atoms with Gasteiger partial charge in [-0.05, 0) is 84.0 Å². The van der Waals surface area contributed by atoms with Gasteiger partial charge >= 0.3 is 0 Å². The van der Waals surface area contributed by atoms with Crippen molar-refractivity contribution in [1.82, 2.24) is 0 Å². The second-order valence-electron chi connectivity index (χ2n) is 8.87. The molecule has 3 nitrogen and oxygen atoms in total. The highest BCUT2D eigenvalue weighted by molar-refractivity contribution is 5.94. The average molecular weight is 422 g/mol. The van der Waals surface area contributed by atoms with E-state index in [2.05, 4.69) is 113 Å². The van der Waals surface area contributed by atoms with Gasteiger partial charge in [-0.3, -0.25) is 0 Å². The van der Waals surface area contributed by atoms with Crippen LogP contribution in [0.15, 0.2) is 78.0 Å². The van der Waals surface area contributed by atoms with Crippen molar-refractivity contribution in [3.05, 3.63) is 112 Å². The molecular weight excluding hydrogens is 390 g/mol. The van der Waals surface area contributed by atoms with Crippen LogP contribution in [0.5, 0.6) is 0 Å². The average Bonchev–Trinajstić information content (AvgIpc) is 2.81. The van der Waals surface area contributed by atoms with E-state index in [1.807, 2.05) is 0 Å². The molecule has 0 spiro atoms. The van der Waals surface area contributed by atoms with Crippen molar-refractivity contribution in [2.75, 3.05) is 5.01 Å². The predicted octanol–water partition coefficient (Wildman–Crippen LogP) is 8.18. The molecule has 4 aromatic rings. The first-order valence-corrected chi connectivity index (χ1v) is 11.2. The van der Waals surface area contributed by atoms with Gasteiger partial charge in [-0.1, -0.05) is 78.4 Å². The third-order valence-corrected chi connectivity index (χ3v) is 6.58. The summed E-state index contributed by atoms with van der Waals surface area (Å²) in [6.45, 7) is 11.4. The topological polar surface area (TPSA) is 39.5 Å². The van der Waals surface area contributed by atoms with Crippen molar-refractivity contribution in [2.24, 2.45) is 5.22 Å². The van der Waals surface area contributed by atoms with Crippen LogP contribution in [0, 0.1) is 33.2 Å². The van der Waals surface area contributed by atoms with Crippen LogP contribution in [0.2, 0.25) is 0 Å². The lowest BCUT2D eigenvalue weighted by Crippen LogP contribution is -2.15. The van der Waals surface area contributed by atoms with Crippen LogP contribution in [0.25, 0.3) is 10.8 Å². The fraction of sp³-hybridized carbons (Fsp3) is 0.241. The van der Waals surface area contributed by atoms with Crippen LogP contribution in [0.3, 0.4) is 0 Å². The molecule has 0 heterocycles. The highest BCUT2D eigenvalue weighted by atomic mass is 15.5. The molecule has 0 radical (unpaired) electrons. The molecule has 0 bridgehead atoms. The van der Waals surface area contributed by atoms with E-state index in [1.165, 1.54) is 49.7 Å². The van der Waals surface area contributed by atoms with Crippen LogP contribution in [-0.2, 0) is 6.54 Å². The lowest BCUT2D eigenvalue weighted by Gasteiger charge is -2.21. The molecule has 1 N–H and O–H groups in total. The third-order valence-electron chi connectivity index (χ3n) is 6.58. The molecule has 0 saturated carbocycles. The van der Waals surface area contributed by atoms with Crippen LogP contribution in [-0.4, -0.2) is 0 Å². The number of hydrogen-bond donors (Lipinski definition) is 1. The molecule has 162 valence electrons. The molecule has 0 aliphatic carbocycles. The number of hydrogen-bond acceptors (Lipinski definition) is 2. The number of aryl methyl sites for hydroxylation is 4. The van der Waals surface area contributed by atoms with E-state index in [0.29, 0.717) is 12.5 Å². The summed E-state index contributed by atoms with van der Waals surface area (Å²) < 4.78 is 0. The third kappa shape index (κ3) is 4.16. The first kappa shape index (κ1) is 21.8. The smallest absolute Gasteiger partial charge is 0.0689 e. The molecule has 0 fully saturated rings. The summed E-state index contributed by atoms with van der Waals surface area (Å²) >= 11 is 0. The molecule has 4 aromatic carbocycles. The van der Waals surface area contributed by atoms with Gasteiger partial charge < -0.3 is 0 Å². The molecule has 0 aromatic heterocycles. The Labute approximate surface area is 191 Å². The van der Waals surface area contributed by atoms with E-state index in [1.54, 1.807) is 5.01 Å². The number of nitrogens with zero attached hydrogens (tertiary/aromatic N) is 2. The Bertz CT molecular complexity index is 1250. The monoisotopic (exact) mass is 421 g/mol. The van der Waals surface area contributed by atoms with Gasteiger partial charge in [0, 0.05) is 5.92 Å². The van der Waals surface area contributed by atoms with E-state index < -0.39 is 0 Å². The largest absolute Gasteiger partial charge is 0.243 e. The number of benzene rings is 4. The summed E-state index contributed by atoms with van der Waals surface area (Å²) in [6, 6.07) is 25.9. The molecule has 0 saturated heterocycles. The Balaban J connectivity index is 1.63. The molecule has 32 heavy (non-hydrogen) atoms. The number of fused-ring (bicyclic) bond motifs is 1. The van der Waals surface area contributed by atoms with Gasteiger partial charge in [-0.15, -0.1) is 0 Å². The van der Waals surface area contributed by atoms with Gasteiger partial charge in [0.05, 0.1) is 12.2 Å². The van der Waals surface area contributed by atoms with Crippen LogP contribution in [0.4, 0.5) is 5.69 Å². The second-order valence-corrected chi connectivity index (χ2v) is 8.87. The van der Waals surface area contributed by atoms with Crippen molar-refractivity contribution in [3.8, 4) is 0 Å². The zero-order valence-electron chi connectivity index (χ0n) is 19.6. The Morgan fingerprint density at radius 3 is 1.75 bits per heavy atom. The highest BCUT2D eigenvalue weighted by Crippen LogP contribution is 2.31. The maximum Gasteiger partial charge on any atom is 0.0689 e. The van der Waals surface area contributed by atoms with Gasteiger partial charge in [0.15, 0.2) is 0 Å². The highest BCUT2D eigenvalue weighted by Gasteiger charge is 2.14. The summed E-state index contributed by atoms with van der Waals surface area (Å²) in [5.74, 6) is 0.317. The molecule has 0 amide bonds. The summed E-state index contributed by atoms with van der Waals surface area (Å²) in [6.07, 6.45) is 0. The SMILES string of the molecule is Cc1ccc(C(C)c2ccc(N(Cc3ccc(C)c4c(C)ccc(C)c34)N=N)cc2)cc1. The van der Waals surface area contributed by atoms with E-state index in [4.69, 9.17) is 5.53 Å². The Hall–Kier alpha value is -3.46. The lowest BCUT2D eigenvalue weighted by molar-refractivity contribution is 0.777. The van der Waals surface area contributed by atoms with Gasteiger partial charge in [0.1, 0.15) is 0 Å². The molecule has 1 atom stereocenters. The molecule has 0 aliphatic heterocycles. The van der Waals surface area contributed by atoms with E-state index >= 15 is 0 Å². The zero-order valence-corrected chi connectivity index (χ0v) is 19.6. The van der Waals surface area contributed by atoms with Crippen molar-refractivity contribution in [1.29, 1.82) is 5.53 Å². The molecular formula is C29H31N3. The van der Waals surface area contributed by atoms with E-state index in [0.717, 1.165) is 5.69 Å². The second kappa shape index (κ2) is 8.96. The van der Waals surface area contributed by atoms with Gasteiger partial charge in [0.2, 0.25) is 0 Å². The van der Waals surface area contributed by atoms with Gasteiger partial charge in [0.25, 0.3) is 0 Å². The molecule has 0 aliphatic rings. The van der Waals surface area contributed by atoms with Crippen LogP contribution in [0.1, 0.15) is 51.8 Å². The van der Waals surface area contributed by atoms with Crippen molar-refractivity contribution in [3.63, 3.8) is 0 Å². The van der Waals surface area contributed by atoms with Crippen molar-refractivity contribution in [2.45, 2.75) is 47.1 Å². The number of anilines is 1. The Kier molecular flexibility index (Phi) is 6.09. The normalized spacial score (nSPS) is 12.0. The first-order chi connectivity index (χ1) is 15.4. The standard InChI is InChI=1S/C29H31N3/c1-19-6-11-24(12-7-19)23(5)25-14-16-27(17-15-25)32(31-30)18-26-13-10-21(3)28-20(2)8-9-22(4)29(26)28/h6-17,23,30H,18H2,1-5H3. The summed E-state index contributed by atoms with van der Waals surface area (Å²) in [4.78, 5) is 0. The number of nitrogens with one attached hydrogen (secondary N) is 1. The Morgan fingerprint density at radius 1 is 0.688 bits per heavy atom. The van der Waals surface area contributed by atoms with Crippen LogP contribution >= 0.6 is 0 Å². The fourth-order valence-electron chi connectivity index (χ4n) is 4.59. The lowest BCUT2D eigenvalue weighted by atomic mass is 9.92. The molecule has 1 unspecified atom stereocenters. The minimum Gasteiger partial charge on any atom is -0.243 e. The maximum absolute atomic E-state index is 7.84. The van der Waals surface area contributed by atoms with E-state index in [-0.39, 0.29) is 0 Å². The summed E-state index contributed by atoms with van der Waals surface area (Å²) in [7, 11) is 0. The van der Waals surface area contributed by atoms with Crippen molar-refractivity contribution < 1.29 is 0 Å². The predicted molar refractivity (Wildman–Crippen MR) is 135 cm³/mol. The minimum atomic E-state index is 0.317. The fourth-order valence-corrected chi connectivity index (χ4v) is 4.59. The number of rotatable bonds is 6. The quantitative estimate of drug-likeness (QED) is 0.247. The minimum absolute atomic E-state index is 0.317. The Morgan fingerprint density at radius 2 is 1.19 bits per heavy atom. The maximum atomic E-state index is 7.84. The van der Waals surface area contributed by atoms with Gasteiger partial charge in [-0.2, -0.15) is 5.53 Å². The summed E-state index contributed by atoms with van der Waals surface area (Å²) in [5.41, 5.74) is 17.6. The van der Waals surface area contributed by atoms with E-state index in [9.17, 15) is 0 Å². The zero-order chi connectivity index (χ0) is 22.8.